The average molecular weight is 323 g/mol. The standard InChI is InChI=1S/C16H16Cl2N2O/c1-10(12-6-7-15(17)16(18)8-12)19-13-4-3-5-14(9-13)20-11(2)21/h3-10,19H,1-2H3,(H,20,21). The number of benzene rings is 2. The van der Waals surface area contributed by atoms with Crippen LogP contribution in [0.2, 0.25) is 10.0 Å². The van der Waals surface area contributed by atoms with E-state index < -0.39 is 0 Å². The highest BCUT2D eigenvalue weighted by molar-refractivity contribution is 6.42. The molecule has 0 heterocycles. The van der Waals surface area contributed by atoms with Gasteiger partial charge in [0.1, 0.15) is 0 Å². The number of carbonyl (C=O) groups is 1. The Kier molecular flexibility index (Phi) is 5.10. The van der Waals surface area contributed by atoms with Crippen molar-refractivity contribution in [2.75, 3.05) is 10.6 Å². The smallest absolute Gasteiger partial charge is 0.221 e. The van der Waals surface area contributed by atoms with Crippen LogP contribution in [0.1, 0.15) is 25.5 Å². The quantitative estimate of drug-likeness (QED) is 0.819. The highest BCUT2D eigenvalue weighted by atomic mass is 35.5. The van der Waals surface area contributed by atoms with Crippen molar-refractivity contribution in [2.24, 2.45) is 0 Å². The summed E-state index contributed by atoms with van der Waals surface area (Å²) in [6, 6.07) is 13.2. The minimum atomic E-state index is -0.0929. The predicted octanol–water partition coefficient (Wildman–Crippen LogP) is 5.12. The van der Waals surface area contributed by atoms with Gasteiger partial charge in [-0.05, 0) is 42.8 Å². The highest BCUT2D eigenvalue weighted by Gasteiger charge is 2.08. The van der Waals surface area contributed by atoms with E-state index in [1.54, 1.807) is 6.07 Å². The van der Waals surface area contributed by atoms with Crippen LogP contribution in [-0.2, 0) is 4.79 Å². The van der Waals surface area contributed by atoms with Crippen molar-refractivity contribution < 1.29 is 4.79 Å². The Morgan fingerprint density at radius 1 is 1.05 bits per heavy atom. The molecule has 1 amide bonds. The number of halogens is 2. The highest BCUT2D eigenvalue weighted by Crippen LogP contribution is 2.27. The fraction of sp³-hybridized carbons (Fsp3) is 0.188. The lowest BCUT2D eigenvalue weighted by Crippen LogP contribution is -2.08. The van der Waals surface area contributed by atoms with Crippen LogP contribution in [0, 0.1) is 0 Å². The second-order valence-corrected chi connectivity index (χ2v) is 5.62. The van der Waals surface area contributed by atoms with E-state index in [2.05, 4.69) is 10.6 Å². The molecule has 0 aliphatic heterocycles. The van der Waals surface area contributed by atoms with Crippen molar-refractivity contribution in [1.29, 1.82) is 0 Å². The molecule has 21 heavy (non-hydrogen) atoms. The maximum absolute atomic E-state index is 11.1. The maximum Gasteiger partial charge on any atom is 0.221 e. The van der Waals surface area contributed by atoms with Crippen LogP contribution >= 0.6 is 23.2 Å². The Hall–Kier alpha value is -1.71. The Bertz CT molecular complexity index is 658. The summed E-state index contributed by atoms with van der Waals surface area (Å²) in [5.41, 5.74) is 2.71. The first kappa shape index (κ1) is 15.7. The first-order valence-corrected chi connectivity index (χ1v) is 7.30. The summed E-state index contributed by atoms with van der Waals surface area (Å²) in [5.74, 6) is -0.0929. The minimum Gasteiger partial charge on any atom is -0.378 e. The number of hydrogen-bond acceptors (Lipinski definition) is 2. The van der Waals surface area contributed by atoms with Crippen molar-refractivity contribution >= 4 is 40.5 Å². The summed E-state index contributed by atoms with van der Waals surface area (Å²) in [4.78, 5) is 11.1. The molecule has 0 bridgehead atoms. The topological polar surface area (TPSA) is 41.1 Å². The lowest BCUT2D eigenvalue weighted by Gasteiger charge is -2.17. The van der Waals surface area contributed by atoms with Crippen LogP contribution in [0.25, 0.3) is 0 Å². The fourth-order valence-corrected chi connectivity index (χ4v) is 2.31. The molecule has 110 valence electrons. The van der Waals surface area contributed by atoms with Gasteiger partial charge < -0.3 is 10.6 Å². The summed E-state index contributed by atoms with van der Waals surface area (Å²) in [6.45, 7) is 3.52. The lowest BCUT2D eigenvalue weighted by molar-refractivity contribution is -0.114. The van der Waals surface area contributed by atoms with Gasteiger partial charge in [-0.25, -0.2) is 0 Å². The third-order valence-corrected chi connectivity index (χ3v) is 3.75. The van der Waals surface area contributed by atoms with Gasteiger partial charge in [-0.1, -0.05) is 35.3 Å². The van der Waals surface area contributed by atoms with Gasteiger partial charge in [-0.15, -0.1) is 0 Å². The molecular weight excluding hydrogens is 307 g/mol. The van der Waals surface area contributed by atoms with Crippen molar-refractivity contribution in [3.05, 3.63) is 58.1 Å². The van der Waals surface area contributed by atoms with Crippen LogP contribution < -0.4 is 10.6 Å². The van der Waals surface area contributed by atoms with E-state index in [0.29, 0.717) is 10.0 Å². The van der Waals surface area contributed by atoms with Gasteiger partial charge in [-0.3, -0.25) is 4.79 Å². The van der Waals surface area contributed by atoms with Crippen LogP contribution in [0.3, 0.4) is 0 Å². The molecule has 2 aromatic rings. The molecule has 2 rings (SSSR count). The second-order valence-electron chi connectivity index (χ2n) is 4.80. The molecule has 3 nitrogen and oxygen atoms in total. The molecule has 0 aliphatic rings. The summed E-state index contributed by atoms with van der Waals surface area (Å²) in [6.07, 6.45) is 0. The van der Waals surface area contributed by atoms with E-state index in [1.165, 1.54) is 6.92 Å². The van der Waals surface area contributed by atoms with Crippen LogP contribution in [0.4, 0.5) is 11.4 Å². The molecule has 0 saturated heterocycles. The zero-order chi connectivity index (χ0) is 15.4. The maximum atomic E-state index is 11.1. The molecule has 1 unspecified atom stereocenters. The Morgan fingerprint density at radius 3 is 2.43 bits per heavy atom. The van der Waals surface area contributed by atoms with Gasteiger partial charge in [0, 0.05) is 24.3 Å². The Morgan fingerprint density at radius 2 is 1.76 bits per heavy atom. The van der Waals surface area contributed by atoms with E-state index in [-0.39, 0.29) is 11.9 Å². The number of carbonyl (C=O) groups excluding carboxylic acids is 1. The SMILES string of the molecule is CC(=O)Nc1cccc(NC(C)c2ccc(Cl)c(Cl)c2)c1. The van der Waals surface area contributed by atoms with Gasteiger partial charge in [0.05, 0.1) is 10.0 Å². The van der Waals surface area contributed by atoms with Crippen molar-refractivity contribution in [3.63, 3.8) is 0 Å². The van der Waals surface area contributed by atoms with E-state index in [1.807, 2.05) is 43.3 Å². The lowest BCUT2D eigenvalue weighted by atomic mass is 10.1. The summed E-state index contributed by atoms with van der Waals surface area (Å²) < 4.78 is 0. The first-order chi connectivity index (χ1) is 9.95. The zero-order valence-corrected chi connectivity index (χ0v) is 13.3. The second kappa shape index (κ2) is 6.83. The van der Waals surface area contributed by atoms with Crippen molar-refractivity contribution in [3.8, 4) is 0 Å². The molecule has 1 atom stereocenters. The molecule has 0 spiro atoms. The Balaban J connectivity index is 2.13. The molecule has 2 aromatic carbocycles. The summed E-state index contributed by atoms with van der Waals surface area (Å²) in [7, 11) is 0. The van der Waals surface area contributed by atoms with Crippen LogP contribution in [0.15, 0.2) is 42.5 Å². The molecule has 2 N–H and O–H groups in total. The fourth-order valence-electron chi connectivity index (χ4n) is 2.01. The normalized spacial score (nSPS) is 11.8. The minimum absolute atomic E-state index is 0.0624. The third-order valence-electron chi connectivity index (χ3n) is 3.01. The van der Waals surface area contributed by atoms with E-state index in [0.717, 1.165) is 16.9 Å². The third kappa shape index (κ3) is 4.38. The monoisotopic (exact) mass is 322 g/mol. The van der Waals surface area contributed by atoms with Crippen molar-refractivity contribution in [2.45, 2.75) is 19.9 Å². The van der Waals surface area contributed by atoms with Gasteiger partial charge in [0.2, 0.25) is 5.91 Å². The molecule has 0 saturated carbocycles. The van der Waals surface area contributed by atoms with Crippen molar-refractivity contribution in [1.82, 2.24) is 0 Å². The summed E-state index contributed by atoms with van der Waals surface area (Å²) in [5, 5.41) is 7.20. The number of amides is 1. The number of anilines is 2. The van der Waals surface area contributed by atoms with E-state index >= 15 is 0 Å². The summed E-state index contributed by atoms with van der Waals surface area (Å²) >= 11 is 12.0. The average Bonchev–Trinajstić information content (AvgIpc) is 2.41. The predicted molar refractivity (Wildman–Crippen MR) is 89.2 cm³/mol. The zero-order valence-electron chi connectivity index (χ0n) is 11.8. The van der Waals surface area contributed by atoms with Gasteiger partial charge in [0.15, 0.2) is 0 Å². The van der Waals surface area contributed by atoms with Crippen LogP contribution in [0.5, 0.6) is 0 Å². The first-order valence-electron chi connectivity index (χ1n) is 6.55. The molecular formula is C16H16Cl2N2O. The van der Waals surface area contributed by atoms with Crippen LogP contribution in [-0.4, -0.2) is 5.91 Å². The van der Waals surface area contributed by atoms with Gasteiger partial charge in [-0.2, -0.15) is 0 Å². The number of rotatable bonds is 4. The van der Waals surface area contributed by atoms with E-state index in [9.17, 15) is 4.79 Å². The van der Waals surface area contributed by atoms with Gasteiger partial charge in [0.25, 0.3) is 0 Å². The molecule has 5 heteroatoms. The number of nitrogens with one attached hydrogen (secondary N) is 2. The number of hydrogen-bond donors (Lipinski definition) is 2. The Labute approximate surface area is 134 Å². The molecule has 0 aliphatic carbocycles. The molecule has 0 radical (unpaired) electrons. The van der Waals surface area contributed by atoms with E-state index in [4.69, 9.17) is 23.2 Å². The largest absolute Gasteiger partial charge is 0.378 e. The molecule has 0 aromatic heterocycles. The van der Waals surface area contributed by atoms with Gasteiger partial charge >= 0.3 is 0 Å². The molecule has 0 fully saturated rings.